The van der Waals surface area contributed by atoms with Crippen LogP contribution in [0.3, 0.4) is 0 Å². The molecule has 0 radical (unpaired) electrons. The summed E-state index contributed by atoms with van der Waals surface area (Å²) in [6, 6.07) is 82.2. The molecule has 4 nitrogen and oxygen atoms in total. The van der Waals surface area contributed by atoms with Gasteiger partial charge in [-0.1, -0.05) is 183 Å². The molecular formula is C73H54N4. The van der Waals surface area contributed by atoms with E-state index in [9.17, 15) is 5.26 Å². The number of fused-ring (bicyclic) bond motifs is 5. The molecule has 1 unspecified atom stereocenters. The van der Waals surface area contributed by atoms with E-state index >= 15 is 0 Å². The van der Waals surface area contributed by atoms with Gasteiger partial charge < -0.3 is 14.6 Å². The molecule has 0 N–H and O–H groups in total. The van der Waals surface area contributed by atoms with E-state index in [0.29, 0.717) is 12.0 Å². The Bertz CT molecular complexity index is 4110. The highest BCUT2D eigenvalue weighted by molar-refractivity contribution is 5.99. The van der Waals surface area contributed by atoms with Crippen LogP contribution >= 0.6 is 0 Å². The van der Waals surface area contributed by atoms with Crippen molar-refractivity contribution in [1.82, 2.24) is 0 Å². The summed E-state index contributed by atoms with van der Waals surface area (Å²) in [4.78, 5) is 8.34. The van der Waals surface area contributed by atoms with Crippen molar-refractivity contribution in [3.05, 3.63) is 329 Å². The summed E-state index contributed by atoms with van der Waals surface area (Å²) in [5.74, 6) is 0. The predicted molar refractivity (Wildman–Crippen MR) is 321 cm³/mol. The molecule has 2 aliphatic carbocycles. The van der Waals surface area contributed by atoms with Crippen LogP contribution in [0.15, 0.2) is 279 Å². The van der Waals surface area contributed by atoms with E-state index in [0.717, 1.165) is 78.3 Å². The highest BCUT2D eigenvalue weighted by Gasteiger charge is 2.46. The first-order valence-corrected chi connectivity index (χ1v) is 26.1. The summed E-state index contributed by atoms with van der Waals surface area (Å²) in [6.45, 7) is 21.5. The Morgan fingerprint density at radius 2 is 1.19 bits per heavy atom. The Hall–Kier alpha value is -10.0. The normalized spacial score (nSPS) is 14.2. The Morgan fingerprint density at radius 1 is 0.623 bits per heavy atom. The molecule has 0 saturated heterocycles. The molecule has 77 heavy (non-hydrogen) atoms. The van der Waals surface area contributed by atoms with Gasteiger partial charge in [-0.3, -0.25) is 0 Å². The fraction of sp³-hybridized carbons (Fsp3) is 0.0685. The fourth-order valence-electron chi connectivity index (χ4n) is 11.8. The van der Waals surface area contributed by atoms with Crippen molar-refractivity contribution in [3.8, 4) is 28.3 Å². The molecular weight excluding hydrogens is 933 g/mol. The smallest absolute Gasteiger partial charge is 0.245 e. The Kier molecular flexibility index (Phi) is 12.5. The number of hydrogen-bond donors (Lipinski definition) is 0. The van der Waals surface area contributed by atoms with Gasteiger partial charge in [-0.25, -0.2) is 6.57 Å². The minimum absolute atomic E-state index is 0.154. The van der Waals surface area contributed by atoms with Gasteiger partial charge in [0.1, 0.15) is 0 Å². The van der Waals surface area contributed by atoms with Crippen LogP contribution in [0.5, 0.6) is 0 Å². The minimum atomic E-state index is -0.663. The molecule has 1 atom stereocenters. The van der Waals surface area contributed by atoms with Crippen LogP contribution in [0.4, 0.5) is 22.7 Å². The average molecular weight is 987 g/mol. The largest absolute Gasteiger partial charge is 0.310 e. The first-order chi connectivity index (χ1) is 37.7. The molecule has 0 aromatic heterocycles. The predicted octanol–water partition coefficient (Wildman–Crippen LogP) is 18.8. The first-order valence-electron chi connectivity index (χ1n) is 26.1. The zero-order chi connectivity index (χ0) is 52.6. The van der Waals surface area contributed by atoms with E-state index in [1.54, 1.807) is 0 Å². The third kappa shape index (κ3) is 8.44. The third-order valence-corrected chi connectivity index (χ3v) is 15.6. The van der Waals surface area contributed by atoms with Crippen molar-refractivity contribution in [1.29, 1.82) is 5.26 Å². The monoisotopic (exact) mass is 986 g/mol. The molecule has 10 aromatic carbocycles. The lowest BCUT2D eigenvalue weighted by molar-refractivity contribution is 0.768. The second kappa shape index (κ2) is 20.0. The fourth-order valence-corrected chi connectivity index (χ4v) is 11.8. The number of nitriles is 1. The Balaban J connectivity index is 0.958. The van der Waals surface area contributed by atoms with Crippen molar-refractivity contribution in [3.63, 3.8) is 0 Å². The quantitative estimate of drug-likeness (QED) is 0.0904. The van der Waals surface area contributed by atoms with Gasteiger partial charge in [0.15, 0.2) is 0 Å². The van der Waals surface area contributed by atoms with Gasteiger partial charge >= 0.3 is 0 Å². The van der Waals surface area contributed by atoms with Gasteiger partial charge in [0.2, 0.25) is 6.04 Å². The summed E-state index contributed by atoms with van der Waals surface area (Å²) in [7, 11) is 0. The van der Waals surface area contributed by atoms with Crippen LogP contribution in [-0.4, -0.2) is 6.04 Å². The lowest BCUT2D eigenvalue weighted by atomic mass is 9.67. The molecule has 0 aliphatic heterocycles. The standard InChI is InChI=1S/C73H54N4/c1-49(44-51(3)76(61-36-30-53(48-74)31-37-61)71-28-16-20-54-18-12-14-26-65(54)71)52(4)56-32-41-67-68-42-33-57(47-70(68)73(69(67)46-56,58-22-8-6-9-23-58)59-24-10-7-11-25-59)64-43-40-63(45-50(64)2)77(62-38-34-60(75-5)35-39-62)72-29-17-21-55-19-13-15-27-66(55)72/h6-34,36-47,60H,3-4,35H2,1-2H3. The molecule has 0 fully saturated rings. The van der Waals surface area contributed by atoms with Crippen molar-refractivity contribution in [2.24, 2.45) is 0 Å². The summed E-state index contributed by atoms with van der Waals surface area (Å²) in [5.41, 5.74) is 19.4. The van der Waals surface area contributed by atoms with Crippen LogP contribution in [0, 0.1) is 24.8 Å². The second-order valence-corrected chi connectivity index (χ2v) is 20.0. The Morgan fingerprint density at radius 3 is 1.82 bits per heavy atom. The zero-order valence-electron chi connectivity index (χ0n) is 43.2. The number of allylic oxidation sites excluding steroid dienone is 4. The van der Waals surface area contributed by atoms with E-state index in [4.69, 9.17) is 19.7 Å². The molecule has 4 heteroatoms. The average Bonchev–Trinajstić information content (AvgIpc) is 4.05. The third-order valence-electron chi connectivity index (χ3n) is 15.6. The van der Waals surface area contributed by atoms with Crippen LogP contribution in [0.25, 0.3) is 54.2 Å². The van der Waals surface area contributed by atoms with Crippen molar-refractivity contribution >= 4 is 49.9 Å². The maximum absolute atomic E-state index is 9.68. The minimum Gasteiger partial charge on any atom is -0.310 e. The molecule has 0 spiro atoms. The first kappa shape index (κ1) is 48.0. The topological polar surface area (TPSA) is 34.6 Å². The van der Waals surface area contributed by atoms with Gasteiger partial charge in [0.05, 0.1) is 28.4 Å². The van der Waals surface area contributed by atoms with E-state index in [1.807, 2.05) is 30.3 Å². The van der Waals surface area contributed by atoms with Gasteiger partial charge in [-0.15, -0.1) is 0 Å². The number of hydrogen-bond acceptors (Lipinski definition) is 3. The molecule has 0 amide bonds. The molecule has 2 aliphatic rings. The number of benzene rings is 10. The highest BCUT2D eigenvalue weighted by atomic mass is 15.2. The van der Waals surface area contributed by atoms with Crippen LogP contribution in [-0.2, 0) is 5.41 Å². The molecule has 10 aromatic rings. The van der Waals surface area contributed by atoms with Crippen molar-refractivity contribution < 1.29 is 0 Å². The maximum Gasteiger partial charge on any atom is 0.245 e. The van der Waals surface area contributed by atoms with Crippen LogP contribution in [0.1, 0.15) is 52.3 Å². The van der Waals surface area contributed by atoms with E-state index in [2.05, 4.69) is 253 Å². The molecule has 0 bridgehead atoms. The number of nitrogens with zero attached hydrogens (tertiary/aromatic N) is 4. The number of rotatable bonds is 12. The summed E-state index contributed by atoms with van der Waals surface area (Å²) >= 11 is 0. The van der Waals surface area contributed by atoms with Crippen molar-refractivity contribution in [2.45, 2.75) is 31.7 Å². The summed E-state index contributed by atoms with van der Waals surface area (Å²) < 4.78 is 0. The van der Waals surface area contributed by atoms with E-state index in [1.165, 1.54) is 44.2 Å². The van der Waals surface area contributed by atoms with Gasteiger partial charge in [0, 0.05) is 40.0 Å². The lowest BCUT2D eigenvalue weighted by Crippen LogP contribution is -2.28. The molecule has 0 heterocycles. The lowest BCUT2D eigenvalue weighted by Gasteiger charge is -2.34. The number of anilines is 4. The van der Waals surface area contributed by atoms with Crippen molar-refractivity contribution in [2.75, 3.05) is 9.80 Å². The van der Waals surface area contributed by atoms with Gasteiger partial charge in [0.25, 0.3) is 0 Å². The Labute approximate surface area is 451 Å². The SMILES string of the molecule is [C-]#[N+]C1C=CC(N(c2ccc(-c3ccc4c(c3)C(c3ccccc3)(c3ccccc3)c3cc(C(=C)C(C)=CC(=C)N(c5ccc(C#N)cc5)c5cccc6ccccc56)ccc3-4)c(C)c2)c2cccc3ccccc23)=CC1. The highest BCUT2D eigenvalue weighted by Crippen LogP contribution is 2.57. The van der Waals surface area contributed by atoms with E-state index in [-0.39, 0.29) is 6.04 Å². The van der Waals surface area contributed by atoms with Gasteiger partial charge in [-0.2, -0.15) is 5.26 Å². The van der Waals surface area contributed by atoms with E-state index < -0.39 is 5.41 Å². The molecule has 12 rings (SSSR count). The summed E-state index contributed by atoms with van der Waals surface area (Å²) in [6.07, 6.45) is 9.14. The van der Waals surface area contributed by atoms with Gasteiger partial charge in [-0.05, 0) is 170 Å². The summed E-state index contributed by atoms with van der Waals surface area (Å²) in [5, 5.41) is 14.2. The maximum atomic E-state index is 9.68. The number of aryl methyl sites for hydroxylation is 1. The molecule has 366 valence electrons. The zero-order valence-corrected chi connectivity index (χ0v) is 43.2. The second-order valence-electron chi connectivity index (χ2n) is 20.0. The molecule has 0 saturated carbocycles. The van der Waals surface area contributed by atoms with Crippen LogP contribution in [0.2, 0.25) is 0 Å². The van der Waals surface area contributed by atoms with Crippen LogP contribution < -0.4 is 9.80 Å².